The molecule has 0 heterocycles. The van der Waals surface area contributed by atoms with E-state index < -0.39 is 0 Å². The lowest BCUT2D eigenvalue weighted by atomic mass is 9.68. The van der Waals surface area contributed by atoms with Crippen LogP contribution < -0.4 is 0 Å². The Balaban J connectivity index is 0.000000138. The fraction of sp³-hybridized carbons (Fsp3) is 0.0400. The first-order valence-corrected chi connectivity index (χ1v) is 19.2. The van der Waals surface area contributed by atoms with E-state index in [4.69, 9.17) is 0 Å². The quantitative estimate of drug-likeness (QED) is 0.166. The van der Waals surface area contributed by atoms with E-state index in [1.807, 2.05) is 0 Å². The highest BCUT2D eigenvalue weighted by atomic mass is 79.9. The second-order valence-electron chi connectivity index (χ2n) is 13.4. The van der Waals surface area contributed by atoms with Gasteiger partial charge in [0.15, 0.2) is 0 Å². The molecule has 0 unspecified atom stereocenters. The molecule has 0 aliphatic heterocycles. The Labute approximate surface area is 322 Å². The molecule has 0 amide bonds. The third kappa shape index (κ3) is 5.00. The van der Waals surface area contributed by atoms with E-state index in [1.54, 1.807) is 0 Å². The van der Waals surface area contributed by atoms with Crippen LogP contribution in [0.15, 0.2) is 215 Å². The van der Waals surface area contributed by atoms with Crippen LogP contribution in [-0.2, 0) is 10.8 Å². The molecule has 0 aromatic heterocycles. The van der Waals surface area contributed by atoms with Crippen molar-refractivity contribution in [3.05, 3.63) is 260 Å². The van der Waals surface area contributed by atoms with Gasteiger partial charge in [-0.1, -0.05) is 214 Å². The summed E-state index contributed by atoms with van der Waals surface area (Å²) in [6.45, 7) is 0. The van der Waals surface area contributed by atoms with Gasteiger partial charge < -0.3 is 0 Å². The molecule has 2 heteroatoms. The molecule has 8 aromatic rings. The van der Waals surface area contributed by atoms with Crippen LogP contribution in [0.3, 0.4) is 0 Å². The minimum absolute atomic E-state index is 0.293. The highest BCUT2D eigenvalue weighted by Crippen LogP contribution is 2.57. The van der Waals surface area contributed by atoms with E-state index in [9.17, 15) is 0 Å². The van der Waals surface area contributed by atoms with Gasteiger partial charge in [-0.3, -0.25) is 0 Å². The van der Waals surface area contributed by atoms with Crippen LogP contribution in [0.2, 0.25) is 0 Å². The lowest BCUT2D eigenvalue weighted by Crippen LogP contribution is -2.28. The van der Waals surface area contributed by atoms with Crippen molar-refractivity contribution in [2.24, 2.45) is 0 Å². The number of benzene rings is 8. The van der Waals surface area contributed by atoms with Gasteiger partial charge in [-0.25, -0.2) is 0 Å². The Kier molecular flexibility index (Phi) is 8.38. The summed E-state index contributed by atoms with van der Waals surface area (Å²) in [6.07, 6.45) is 0. The standard InChI is InChI=1S/2C25H17Br/c2*26-20-12-8-11-19(17-20)25(18-9-2-1-3-10-18)23-15-6-4-13-21(23)22-14-5-7-16-24(22)25/h2*1-17H. The molecule has 8 aromatic carbocycles. The second-order valence-corrected chi connectivity index (χ2v) is 15.3. The third-order valence-electron chi connectivity index (χ3n) is 10.8. The Hall–Kier alpha value is -5.28. The van der Waals surface area contributed by atoms with Crippen LogP contribution in [0.25, 0.3) is 22.3 Å². The van der Waals surface area contributed by atoms with Gasteiger partial charge in [0, 0.05) is 8.95 Å². The zero-order chi connectivity index (χ0) is 35.1. The Morgan fingerprint density at radius 2 is 0.519 bits per heavy atom. The second kappa shape index (κ2) is 13.4. The average Bonchev–Trinajstić information content (AvgIpc) is 3.68. The van der Waals surface area contributed by atoms with E-state index in [0.29, 0.717) is 0 Å². The summed E-state index contributed by atoms with van der Waals surface area (Å²) in [5.74, 6) is 0. The Bertz CT molecular complexity index is 2280. The summed E-state index contributed by atoms with van der Waals surface area (Å²) in [5, 5.41) is 0. The van der Waals surface area contributed by atoms with Crippen molar-refractivity contribution >= 4 is 31.9 Å². The minimum Gasteiger partial charge on any atom is -0.0622 e. The first-order chi connectivity index (χ1) is 25.6. The molecule has 0 bridgehead atoms. The van der Waals surface area contributed by atoms with Gasteiger partial charge in [-0.15, -0.1) is 0 Å². The van der Waals surface area contributed by atoms with Crippen molar-refractivity contribution in [3.63, 3.8) is 0 Å². The number of hydrogen-bond donors (Lipinski definition) is 0. The largest absolute Gasteiger partial charge is 0.0713 e. The third-order valence-corrected chi connectivity index (χ3v) is 11.8. The molecule has 52 heavy (non-hydrogen) atoms. The summed E-state index contributed by atoms with van der Waals surface area (Å²) < 4.78 is 2.21. The van der Waals surface area contributed by atoms with Gasteiger partial charge in [0.2, 0.25) is 0 Å². The van der Waals surface area contributed by atoms with Crippen molar-refractivity contribution < 1.29 is 0 Å². The number of rotatable bonds is 4. The first kappa shape index (κ1) is 32.6. The van der Waals surface area contributed by atoms with E-state index in [1.165, 1.54) is 66.8 Å². The molecular weight excluding hydrogens is 760 g/mol. The van der Waals surface area contributed by atoms with Crippen LogP contribution in [0.5, 0.6) is 0 Å². The van der Waals surface area contributed by atoms with Crippen molar-refractivity contribution in [1.82, 2.24) is 0 Å². The SMILES string of the molecule is Brc1cccc(C2(c3ccccc3)c3ccccc3-c3ccccc32)c1.Brc1cccc(C2(c3ccccc3)c3ccccc3-c3ccccc32)c1. The van der Waals surface area contributed by atoms with E-state index >= 15 is 0 Å². The molecule has 248 valence electrons. The number of fused-ring (bicyclic) bond motifs is 6. The zero-order valence-electron chi connectivity index (χ0n) is 28.4. The minimum atomic E-state index is -0.293. The summed E-state index contributed by atoms with van der Waals surface area (Å²) in [6, 6.07) is 74.5. The van der Waals surface area contributed by atoms with Gasteiger partial charge in [0.05, 0.1) is 10.8 Å². The Morgan fingerprint density at radius 3 is 0.827 bits per heavy atom. The molecule has 0 fully saturated rings. The molecule has 0 radical (unpaired) electrons. The first-order valence-electron chi connectivity index (χ1n) is 17.7. The lowest BCUT2D eigenvalue weighted by Gasteiger charge is -2.34. The molecule has 0 N–H and O–H groups in total. The van der Waals surface area contributed by atoms with Crippen LogP contribution >= 0.6 is 31.9 Å². The molecular formula is C50H34Br2. The predicted octanol–water partition coefficient (Wildman–Crippen LogP) is 13.6. The molecule has 10 rings (SSSR count). The highest BCUT2D eigenvalue weighted by Gasteiger charge is 2.47. The summed E-state index contributed by atoms with van der Waals surface area (Å²) in [4.78, 5) is 0. The van der Waals surface area contributed by atoms with E-state index in [0.717, 1.165) is 8.95 Å². The van der Waals surface area contributed by atoms with Gasteiger partial charge >= 0.3 is 0 Å². The predicted molar refractivity (Wildman–Crippen MR) is 223 cm³/mol. The molecule has 0 spiro atoms. The van der Waals surface area contributed by atoms with E-state index in [-0.39, 0.29) is 10.8 Å². The summed E-state index contributed by atoms with van der Waals surface area (Å²) >= 11 is 7.37. The molecule has 0 saturated carbocycles. The monoisotopic (exact) mass is 792 g/mol. The normalized spacial score (nSPS) is 13.9. The zero-order valence-corrected chi connectivity index (χ0v) is 31.6. The maximum Gasteiger partial charge on any atom is 0.0713 e. The van der Waals surface area contributed by atoms with Crippen LogP contribution in [-0.4, -0.2) is 0 Å². The van der Waals surface area contributed by atoms with Gasteiger partial charge in [-0.05, 0) is 91.0 Å². The van der Waals surface area contributed by atoms with Crippen LogP contribution in [0.1, 0.15) is 44.5 Å². The molecule has 2 aliphatic rings. The molecule has 0 saturated heterocycles. The van der Waals surface area contributed by atoms with Crippen molar-refractivity contribution in [1.29, 1.82) is 0 Å². The van der Waals surface area contributed by atoms with E-state index in [2.05, 4.69) is 238 Å². The van der Waals surface area contributed by atoms with Crippen LogP contribution in [0.4, 0.5) is 0 Å². The topological polar surface area (TPSA) is 0 Å². The maximum atomic E-state index is 3.69. The van der Waals surface area contributed by atoms with Gasteiger partial charge in [0.25, 0.3) is 0 Å². The number of halogens is 2. The average molecular weight is 795 g/mol. The Morgan fingerprint density at radius 1 is 0.250 bits per heavy atom. The van der Waals surface area contributed by atoms with Crippen LogP contribution in [0, 0.1) is 0 Å². The van der Waals surface area contributed by atoms with Crippen molar-refractivity contribution in [3.8, 4) is 22.3 Å². The highest BCUT2D eigenvalue weighted by molar-refractivity contribution is 9.10. The fourth-order valence-corrected chi connectivity index (χ4v) is 9.67. The van der Waals surface area contributed by atoms with Crippen molar-refractivity contribution in [2.75, 3.05) is 0 Å². The fourth-order valence-electron chi connectivity index (χ4n) is 8.87. The molecule has 0 nitrogen and oxygen atoms in total. The van der Waals surface area contributed by atoms with Gasteiger partial charge in [0.1, 0.15) is 0 Å². The lowest BCUT2D eigenvalue weighted by molar-refractivity contribution is 0.768. The summed E-state index contributed by atoms with van der Waals surface area (Å²) in [7, 11) is 0. The maximum absolute atomic E-state index is 3.69. The smallest absolute Gasteiger partial charge is 0.0622 e. The summed E-state index contributed by atoms with van der Waals surface area (Å²) in [5.41, 5.74) is 15.3. The molecule has 2 aliphatic carbocycles. The van der Waals surface area contributed by atoms with Gasteiger partial charge in [-0.2, -0.15) is 0 Å². The van der Waals surface area contributed by atoms with Crippen molar-refractivity contribution in [2.45, 2.75) is 10.8 Å². The number of hydrogen-bond acceptors (Lipinski definition) is 0. The molecule has 0 atom stereocenters.